The van der Waals surface area contributed by atoms with Crippen molar-refractivity contribution in [3.63, 3.8) is 0 Å². The van der Waals surface area contributed by atoms with Gasteiger partial charge in [-0.25, -0.2) is 9.37 Å². The summed E-state index contributed by atoms with van der Waals surface area (Å²) in [5.41, 5.74) is 0.221. The lowest BCUT2D eigenvalue weighted by Gasteiger charge is -2.31. The van der Waals surface area contributed by atoms with Gasteiger partial charge in [0, 0.05) is 30.5 Å². The Morgan fingerprint density at radius 3 is 2.76 bits per heavy atom. The van der Waals surface area contributed by atoms with E-state index in [-0.39, 0.29) is 22.4 Å². The summed E-state index contributed by atoms with van der Waals surface area (Å²) in [5, 5.41) is 8.89. The van der Waals surface area contributed by atoms with Gasteiger partial charge < -0.3 is 14.7 Å². The summed E-state index contributed by atoms with van der Waals surface area (Å²) in [6.07, 6.45) is 2.72. The second-order valence-electron chi connectivity index (χ2n) is 6.57. The number of aromatic nitrogens is 2. The van der Waals surface area contributed by atoms with Gasteiger partial charge in [-0.1, -0.05) is 22.8 Å². The molecule has 1 aliphatic rings. The molecule has 0 unspecified atom stereocenters. The largest absolute Gasteiger partial charge is 0.363 e. The lowest BCUT2D eigenvalue weighted by Crippen LogP contribution is -2.38. The number of thiazole rings is 1. The summed E-state index contributed by atoms with van der Waals surface area (Å²) in [4.78, 5) is 30.9. The molecule has 0 bridgehead atoms. The van der Waals surface area contributed by atoms with Crippen LogP contribution in [-0.2, 0) is 0 Å². The van der Waals surface area contributed by atoms with Crippen LogP contribution in [0, 0.1) is 5.82 Å². The third-order valence-corrected chi connectivity index (χ3v) is 6.06. The molecular weight excluding hydrogens is 419 g/mol. The summed E-state index contributed by atoms with van der Waals surface area (Å²) in [6, 6.07) is 5.75. The van der Waals surface area contributed by atoms with Gasteiger partial charge in [0.2, 0.25) is 0 Å². The van der Waals surface area contributed by atoms with Crippen molar-refractivity contribution in [3.05, 3.63) is 63.0 Å². The lowest BCUT2D eigenvalue weighted by molar-refractivity contribution is 0.0708. The molecule has 1 saturated heterocycles. The monoisotopic (exact) mass is 434 g/mol. The Bertz CT molecular complexity index is 1010. The molecule has 3 heterocycles. The van der Waals surface area contributed by atoms with E-state index in [2.05, 4.69) is 20.0 Å². The van der Waals surface area contributed by atoms with Crippen molar-refractivity contribution in [2.75, 3.05) is 18.4 Å². The Kier molecular flexibility index (Phi) is 5.59. The number of likely N-dealkylation sites (tertiary alicyclic amines) is 1. The van der Waals surface area contributed by atoms with Crippen LogP contribution in [-0.4, -0.2) is 39.9 Å². The van der Waals surface area contributed by atoms with Crippen molar-refractivity contribution in [1.29, 1.82) is 0 Å². The SMILES string of the molecule is O=C(Nc1ccon1)c1csc(C2CCN(C(=O)c3c(F)cccc3Cl)CC2)n1. The summed E-state index contributed by atoms with van der Waals surface area (Å²) in [6.45, 7) is 0.933. The van der Waals surface area contributed by atoms with E-state index in [9.17, 15) is 14.0 Å². The molecule has 1 aliphatic heterocycles. The van der Waals surface area contributed by atoms with Gasteiger partial charge in [0.05, 0.1) is 15.6 Å². The number of amides is 2. The first-order valence-corrected chi connectivity index (χ1v) is 10.2. The van der Waals surface area contributed by atoms with E-state index in [1.165, 1.54) is 35.8 Å². The zero-order valence-electron chi connectivity index (χ0n) is 15.1. The number of benzene rings is 1. The molecule has 4 rings (SSSR count). The Labute approximate surface area is 174 Å². The molecule has 29 heavy (non-hydrogen) atoms. The number of halogens is 2. The minimum Gasteiger partial charge on any atom is -0.363 e. The van der Waals surface area contributed by atoms with Gasteiger partial charge >= 0.3 is 0 Å². The number of hydrogen-bond acceptors (Lipinski definition) is 6. The average molecular weight is 435 g/mol. The van der Waals surface area contributed by atoms with Crippen molar-refractivity contribution in [2.24, 2.45) is 0 Å². The molecule has 2 aromatic heterocycles. The maximum atomic E-state index is 14.0. The van der Waals surface area contributed by atoms with Gasteiger partial charge in [0.1, 0.15) is 17.8 Å². The molecule has 0 atom stereocenters. The van der Waals surface area contributed by atoms with Gasteiger partial charge in [-0.2, -0.15) is 0 Å². The van der Waals surface area contributed by atoms with Crippen LogP contribution in [0.5, 0.6) is 0 Å². The third kappa shape index (κ3) is 4.15. The Hall–Kier alpha value is -2.78. The van der Waals surface area contributed by atoms with Crippen LogP contribution in [0.3, 0.4) is 0 Å². The Morgan fingerprint density at radius 2 is 2.07 bits per heavy atom. The molecular formula is C19H16ClFN4O3S. The van der Waals surface area contributed by atoms with Gasteiger partial charge in [-0.3, -0.25) is 9.59 Å². The molecule has 1 aromatic carbocycles. The number of carbonyl (C=O) groups excluding carboxylic acids is 2. The van der Waals surface area contributed by atoms with Crippen molar-refractivity contribution in [1.82, 2.24) is 15.0 Å². The number of anilines is 1. The zero-order valence-corrected chi connectivity index (χ0v) is 16.7. The fourth-order valence-corrected chi connectivity index (χ4v) is 4.44. The highest BCUT2D eigenvalue weighted by Crippen LogP contribution is 2.32. The first-order chi connectivity index (χ1) is 14.0. The van der Waals surface area contributed by atoms with Crippen LogP contribution in [0.15, 0.2) is 40.4 Å². The normalized spacial score (nSPS) is 14.8. The third-order valence-electron chi connectivity index (χ3n) is 4.74. The molecule has 1 N–H and O–H groups in total. The topological polar surface area (TPSA) is 88.3 Å². The van der Waals surface area contributed by atoms with Crippen LogP contribution >= 0.6 is 22.9 Å². The second-order valence-corrected chi connectivity index (χ2v) is 7.87. The summed E-state index contributed by atoms with van der Waals surface area (Å²) >= 11 is 7.41. The van der Waals surface area contributed by atoms with E-state index in [1.54, 1.807) is 16.3 Å². The highest BCUT2D eigenvalue weighted by Gasteiger charge is 2.29. The van der Waals surface area contributed by atoms with Crippen LogP contribution in [0.4, 0.5) is 10.2 Å². The zero-order chi connectivity index (χ0) is 20.4. The van der Waals surface area contributed by atoms with Gasteiger partial charge in [0.15, 0.2) is 5.82 Å². The van der Waals surface area contributed by atoms with Crippen LogP contribution in [0.2, 0.25) is 5.02 Å². The Morgan fingerprint density at radius 1 is 1.28 bits per heavy atom. The van der Waals surface area contributed by atoms with Crippen molar-refractivity contribution in [2.45, 2.75) is 18.8 Å². The van der Waals surface area contributed by atoms with Crippen LogP contribution < -0.4 is 5.32 Å². The maximum absolute atomic E-state index is 14.0. The van der Waals surface area contributed by atoms with E-state index in [0.717, 1.165) is 5.01 Å². The molecule has 2 amide bonds. The number of carbonyl (C=O) groups is 2. The van der Waals surface area contributed by atoms with E-state index >= 15 is 0 Å². The molecule has 10 heteroatoms. The van der Waals surface area contributed by atoms with E-state index in [4.69, 9.17) is 11.6 Å². The summed E-state index contributed by atoms with van der Waals surface area (Å²) < 4.78 is 18.7. The lowest BCUT2D eigenvalue weighted by atomic mass is 9.97. The highest BCUT2D eigenvalue weighted by atomic mass is 35.5. The molecule has 0 saturated carbocycles. The summed E-state index contributed by atoms with van der Waals surface area (Å²) in [5.74, 6) is -0.925. The molecule has 1 fully saturated rings. The highest BCUT2D eigenvalue weighted by molar-refractivity contribution is 7.10. The number of rotatable bonds is 4. The Balaban J connectivity index is 1.38. The van der Waals surface area contributed by atoms with Crippen LogP contribution in [0.1, 0.15) is 44.6 Å². The van der Waals surface area contributed by atoms with E-state index in [0.29, 0.717) is 37.4 Å². The maximum Gasteiger partial charge on any atom is 0.276 e. The van der Waals surface area contributed by atoms with E-state index < -0.39 is 11.7 Å². The first kappa shape index (κ1) is 19.5. The van der Waals surface area contributed by atoms with Gasteiger partial charge in [0.25, 0.3) is 11.8 Å². The van der Waals surface area contributed by atoms with Crippen LogP contribution in [0.25, 0.3) is 0 Å². The molecule has 0 radical (unpaired) electrons. The number of hydrogen-bond donors (Lipinski definition) is 1. The molecule has 150 valence electrons. The fourth-order valence-electron chi connectivity index (χ4n) is 3.23. The molecule has 3 aromatic rings. The first-order valence-electron chi connectivity index (χ1n) is 8.93. The second kappa shape index (κ2) is 8.30. The minimum atomic E-state index is -0.618. The summed E-state index contributed by atoms with van der Waals surface area (Å²) in [7, 11) is 0. The quantitative estimate of drug-likeness (QED) is 0.665. The standard InChI is InChI=1S/C19H16ClFN4O3S/c20-12-2-1-3-13(21)16(12)19(27)25-7-4-11(5-8-25)18-22-14(10-29-18)17(26)23-15-6-9-28-24-15/h1-3,6,9-11H,4-5,7-8H2,(H,23,24,26). The van der Waals surface area contributed by atoms with Crippen molar-refractivity contribution in [3.8, 4) is 0 Å². The number of nitrogens with zero attached hydrogens (tertiary/aromatic N) is 3. The fraction of sp³-hybridized carbons (Fsp3) is 0.263. The number of nitrogens with one attached hydrogen (secondary N) is 1. The van der Waals surface area contributed by atoms with Gasteiger partial charge in [-0.15, -0.1) is 11.3 Å². The van der Waals surface area contributed by atoms with Crippen molar-refractivity contribution >= 4 is 40.6 Å². The molecule has 0 spiro atoms. The van der Waals surface area contributed by atoms with Crippen molar-refractivity contribution < 1.29 is 18.5 Å². The predicted molar refractivity (Wildman–Crippen MR) is 106 cm³/mol. The number of piperidine rings is 1. The average Bonchev–Trinajstić information content (AvgIpc) is 3.40. The minimum absolute atomic E-state index is 0.0892. The predicted octanol–water partition coefficient (Wildman–Crippen LogP) is 4.20. The smallest absolute Gasteiger partial charge is 0.276 e. The molecule has 0 aliphatic carbocycles. The van der Waals surface area contributed by atoms with Gasteiger partial charge in [-0.05, 0) is 25.0 Å². The van der Waals surface area contributed by atoms with E-state index in [1.807, 2.05) is 0 Å². The molecule has 7 nitrogen and oxygen atoms in total.